The number of hydrogen-bond acceptors (Lipinski definition) is 6. The van der Waals surface area contributed by atoms with Gasteiger partial charge in [-0.15, -0.1) is 25.3 Å². The van der Waals surface area contributed by atoms with E-state index in [1.54, 1.807) is 0 Å². The smallest absolute Gasteiger partial charge is 0.175 e. The summed E-state index contributed by atoms with van der Waals surface area (Å²) in [5.74, 6) is 0.250. The minimum Gasteiger partial charge on any atom is -0.504 e. The van der Waals surface area contributed by atoms with Crippen LogP contribution >= 0.6 is 37.5 Å². The van der Waals surface area contributed by atoms with Crippen LogP contribution in [0.4, 0.5) is 0 Å². The zero-order chi connectivity index (χ0) is 14.7. The SMILES string of the molecule is COc1c(O)c(C=O)c(S)c(C(=S)CC(C)C)c1S. The van der Waals surface area contributed by atoms with E-state index in [-0.39, 0.29) is 17.1 Å². The third-order valence-electron chi connectivity index (χ3n) is 2.61. The van der Waals surface area contributed by atoms with Crippen LogP contribution in [0, 0.1) is 5.92 Å². The fourth-order valence-electron chi connectivity index (χ4n) is 1.75. The number of methoxy groups -OCH3 is 1. The zero-order valence-electron chi connectivity index (χ0n) is 10.9. The topological polar surface area (TPSA) is 46.5 Å². The van der Waals surface area contributed by atoms with E-state index in [1.165, 1.54) is 7.11 Å². The zero-order valence-corrected chi connectivity index (χ0v) is 13.5. The monoisotopic (exact) mass is 316 g/mol. The highest BCUT2D eigenvalue weighted by Gasteiger charge is 2.23. The highest BCUT2D eigenvalue weighted by molar-refractivity contribution is 7.83. The maximum Gasteiger partial charge on any atom is 0.175 e. The summed E-state index contributed by atoms with van der Waals surface area (Å²) < 4.78 is 5.09. The van der Waals surface area contributed by atoms with Crippen LogP contribution in [0.5, 0.6) is 11.5 Å². The molecule has 3 nitrogen and oxygen atoms in total. The van der Waals surface area contributed by atoms with Gasteiger partial charge in [-0.3, -0.25) is 4.79 Å². The summed E-state index contributed by atoms with van der Waals surface area (Å²) in [4.78, 5) is 12.5. The third-order valence-corrected chi connectivity index (χ3v) is 3.87. The quantitative estimate of drug-likeness (QED) is 0.336. The molecule has 1 N–H and O–H groups in total. The van der Waals surface area contributed by atoms with E-state index in [0.29, 0.717) is 38.8 Å². The molecule has 0 fully saturated rings. The summed E-state index contributed by atoms with van der Waals surface area (Å²) in [5, 5.41) is 9.94. The summed E-state index contributed by atoms with van der Waals surface area (Å²) >= 11 is 14.0. The molecule has 0 saturated heterocycles. The highest BCUT2D eigenvalue weighted by Crippen LogP contribution is 2.43. The first-order chi connectivity index (χ1) is 8.84. The Balaban J connectivity index is 3.55. The van der Waals surface area contributed by atoms with Gasteiger partial charge in [0.05, 0.1) is 17.6 Å². The van der Waals surface area contributed by atoms with E-state index < -0.39 is 0 Å². The number of ether oxygens (including phenoxy) is 1. The molecule has 0 aromatic heterocycles. The van der Waals surface area contributed by atoms with E-state index in [0.717, 1.165) is 0 Å². The Morgan fingerprint density at radius 3 is 2.42 bits per heavy atom. The minimum absolute atomic E-state index is 0.0686. The van der Waals surface area contributed by atoms with Crippen LogP contribution in [-0.4, -0.2) is 23.4 Å². The first-order valence-electron chi connectivity index (χ1n) is 5.68. The lowest BCUT2D eigenvalue weighted by molar-refractivity contribution is 0.111. The second-order valence-electron chi connectivity index (χ2n) is 4.51. The van der Waals surface area contributed by atoms with E-state index in [2.05, 4.69) is 25.3 Å². The maximum atomic E-state index is 11.1. The van der Waals surface area contributed by atoms with E-state index in [1.807, 2.05) is 13.8 Å². The van der Waals surface area contributed by atoms with Gasteiger partial charge in [0.1, 0.15) is 0 Å². The van der Waals surface area contributed by atoms with Gasteiger partial charge in [-0.05, 0) is 12.3 Å². The molecule has 0 radical (unpaired) electrons. The van der Waals surface area contributed by atoms with Gasteiger partial charge in [-0.2, -0.15) is 0 Å². The summed E-state index contributed by atoms with van der Waals surface area (Å²) in [6.45, 7) is 4.09. The Labute approximate surface area is 129 Å². The lowest BCUT2D eigenvalue weighted by Gasteiger charge is -2.17. The Morgan fingerprint density at radius 1 is 1.42 bits per heavy atom. The second kappa shape index (κ2) is 6.63. The molecular formula is C13H16O3S3. The van der Waals surface area contributed by atoms with Crippen LogP contribution in [0.15, 0.2) is 9.79 Å². The standard InChI is InChI=1S/C13H16O3S3/c1-6(2)4-8(17)9-12(18)7(5-14)10(15)11(16-3)13(9)19/h5-6,15,18-19H,4H2,1-3H3. The summed E-state index contributed by atoms with van der Waals surface area (Å²) in [7, 11) is 1.40. The number of thiocarbonyl (C=S) groups is 1. The predicted octanol–water partition coefficient (Wildman–Crippen LogP) is 3.55. The van der Waals surface area contributed by atoms with E-state index in [9.17, 15) is 9.90 Å². The fraction of sp³-hybridized carbons (Fsp3) is 0.385. The average molecular weight is 316 g/mol. The molecule has 6 heteroatoms. The minimum atomic E-state index is -0.261. The van der Waals surface area contributed by atoms with Gasteiger partial charge in [0.15, 0.2) is 17.8 Å². The largest absolute Gasteiger partial charge is 0.504 e. The number of phenols is 1. The van der Waals surface area contributed by atoms with Crippen molar-refractivity contribution in [1.82, 2.24) is 0 Å². The molecule has 0 bridgehead atoms. The number of aldehydes is 1. The van der Waals surface area contributed by atoms with Crippen molar-refractivity contribution in [1.29, 1.82) is 0 Å². The van der Waals surface area contributed by atoms with Crippen LogP contribution in [0.2, 0.25) is 0 Å². The van der Waals surface area contributed by atoms with Crippen molar-refractivity contribution < 1.29 is 14.6 Å². The Hall–Kier alpha value is -0.720. The number of carbonyl (C=O) groups is 1. The Kier molecular flexibility index (Phi) is 5.70. The predicted molar refractivity (Wildman–Crippen MR) is 85.7 cm³/mol. The van der Waals surface area contributed by atoms with Gasteiger partial charge < -0.3 is 9.84 Å². The molecule has 0 aliphatic heterocycles. The molecule has 0 saturated carbocycles. The number of carbonyl (C=O) groups excluding carboxylic acids is 1. The molecule has 1 aromatic rings. The molecule has 0 aliphatic rings. The number of benzene rings is 1. The van der Waals surface area contributed by atoms with Gasteiger partial charge in [0.25, 0.3) is 0 Å². The molecule has 0 amide bonds. The van der Waals surface area contributed by atoms with Crippen molar-refractivity contribution in [2.45, 2.75) is 30.1 Å². The summed E-state index contributed by atoms with van der Waals surface area (Å²) in [6, 6.07) is 0. The van der Waals surface area contributed by atoms with Crippen LogP contribution in [0.3, 0.4) is 0 Å². The van der Waals surface area contributed by atoms with Gasteiger partial charge in [-0.1, -0.05) is 26.1 Å². The average Bonchev–Trinajstić information content (AvgIpc) is 2.28. The molecule has 1 rings (SSSR count). The van der Waals surface area contributed by atoms with Gasteiger partial charge in [-0.25, -0.2) is 0 Å². The van der Waals surface area contributed by atoms with Crippen molar-refractivity contribution >= 4 is 48.6 Å². The number of thiol groups is 2. The summed E-state index contributed by atoms with van der Waals surface area (Å²) in [5.41, 5.74) is 0.645. The van der Waals surface area contributed by atoms with Crippen LogP contribution in [-0.2, 0) is 0 Å². The Morgan fingerprint density at radius 2 is 2.00 bits per heavy atom. The number of aromatic hydroxyl groups is 1. The highest BCUT2D eigenvalue weighted by atomic mass is 32.1. The van der Waals surface area contributed by atoms with Crippen molar-refractivity contribution in [3.05, 3.63) is 11.1 Å². The van der Waals surface area contributed by atoms with E-state index in [4.69, 9.17) is 17.0 Å². The van der Waals surface area contributed by atoms with Crippen LogP contribution in [0.25, 0.3) is 0 Å². The van der Waals surface area contributed by atoms with Crippen molar-refractivity contribution in [3.63, 3.8) is 0 Å². The Bertz CT molecular complexity index is 525. The van der Waals surface area contributed by atoms with Gasteiger partial charge in [0, 0.05) is 15.3 Å². The molecule has 1 aromatic carbocycles. The van der Waals surface area contributed by atoms with E-state index >= 15 is 0 Å². The molecule has 0 heterocycles. The van der Waals surface area contributed by atoms with Crippen molar-refractivity contribution in [2.75, 3.05) is 7.11 Å². The fourth-order valence-corrected chi connectivity index (χ4v) is 3.38. The molecule has 0 aliphatic carbocycles. The first kappa shape index (κ1) is 16.3. The first-order valence-corrected chi connectivity index (χ1v) is 6.98. The van der Waals surface area contributed by atoms with Crippen LogP contribution in [0.1, 0.15) is 36.2 Å². The molecule has 104 valence electrons. The van der Waals surface area contributed by atoms with Gasteiger partial charge >= 0.3 is 0 Å². The molecule has 0 unspecified atom stereocenters. The van der Waals surface area contributed by atoms with Crippen molar-refractivity contribution in [3.8, 4) is 11.5 Å². The molecular weight excluding hydrogens is 300 g/mol. The third kappa shape index (κ3) is 3.24. The summed E-state index contributed by atoms with van der Waals surface area (Å²) in [6.07, 6.45) is 1.21. The lowest BCUT2D eigenvalue weighted by atomic mass is 9.99. The molecule has 0 atom stereocenters. The van der Waals surface area contributed by atoms with Crippen LogP contribution < -0.4 is 4.74 Å². The molecule has 19 heavy (non-hydrogen) atoms. The van der Waals surface area contributed by atoms with Gasteiger partial charge in [0.2, 0.25) is 0 Å². The molecule has 0 spiro atoms. The number of hydrogen-bond donors (Lipinski definition) is 3. The van der Waals surface area contributed by atoms with Crippen molar-refractivity contribution in [2.24, 2.45) is 5.92 Å². The maximum absolute atomic E-state index is 11.1. The number of rotatable bonds is 5. The second-order valence-corrected chi connectivity index (χ2v) is 5.89. The normalized spacial score (nSPS) is 10.6. The lowest BCUT2D eigenvalue weighted by Crippen LogP contribution is -2.07. The number of phenolic OH excluding ortho intramolecular Hbond substituents is 1.